The molecular formula is C9H15NO2. The number of fused-ring (bicyclic) bond motifs is 3. The van der Waals surface area contributed by atoms with Crippen molar-refractivity contribution in [2.24, 2.45) is 17.1 Å². The highest BCUT2D eigenvalue weighted by atomic mass is 16.3. The highest BCUT2D eigenvalue weighted by molar-refractivity contribution is 5.81. The molecule has 0 aromatic rings. The smallest absolute Gasteiger partial charge is 0.226 e. The Labute approximate surface area is 71.9 Å². The van der Waals surface area contributed by atoms with E-state index in [1.165, 1.54) is 0 Å². The van der Waals surface area contributed by atoms with Gasteiger partial charge in [0.25, 0.3) is 0 Å². The lowest BCUT2D eigenvalue weighted by Crippen LogP contribution is -2.53. The zero-order chi connectivity index (χ0) is 8.77. The molecule has 1 amide bonds. The van der Waals surface area contributed by atoms with E-state index in [0.29, 0.717) is 5.92 Å². The van der Waals surface area contributed by atoms with Crippen molar-refractivity contribution >= 4 is 5.91 Å². The molecule has 0 heterocycles. The third kappa shape index (κ3) is 0.891. The van der Waals surface area contributed by atoms with Crippen LogP contribution in [0.3, 0.4) is 0 Å². The van der Waals surface area contributed by atoms with Crippen molar-refractivity contribution in [2.75, 3.05) is 0 Å². The summed E-state index contributed by atoms with van der Waals surface area (Å²) in [5, 5.41) is 9.72. The number of primary amides is 1. The minimum atomic E-state index is -0.561. The Morgan fingerprint density at radius 1 is 1.42 bits per heavy atom. The van der Waals surface area contributed by atoms with E-state index in [-0.39, 0.29) is 5.91 Å². The third-order valence-corrected chi connectivity index (χ3v) is 3.68. The molecule has 68 valence electrons. The van der Waals surface area contributed by atoms with Gasteiger partial charge in [0.05, 0.1) is 11.5 Å². The zero-order valence-electron chi connectivity index (χ0n) is 7.12. The van der Waals surface area contributed by atoms with Crippen molar-refractivity contribution in [2.45, 2.75) is 38.2 Å². The monoisotopic (exact) mass is 169 g/mol. The lowest BCUT2D eigenvalue weighted by atomic mass is 9.59. The van der Waals surface area contributed by atoms with E-state index >= 15 is 0 Å². The van der Waals surface area contributed by atoms with Crippen LogP contribution in [0.1, 0.15) is 32.1 Å². The molecule has 0 aliphatic heterocycles. The van der Waals surface area contributed by atoms with Gasteiger partial charge in [0.2, 0.25) is 5.91 Å². The van der Waals surface area contributed by atoms with Gasteiger partial charge in [-0.2, -0.15) is 0 Å². The largest absolute Gasteiger partial charge is 0.392 e. The van der Waals surface area contributed by atoms with Gasteiger partial charge in [0.15, 0.2) is 0 Å². The van der Waals surface area contributed by atoms with Crippen LogP contribution < -0.4 is 5.73 Å². The maximum absolute atomic E-state index is 11.2. The van der Waals surface area contributed by atoms with Crippen LogP contribution in [0.4, 0.5) is 0 Å². The van der Waals surface area contributed by atoms with Crippen LogP contribution in [0.15, 0.2) is 0 Å². The quantitative estimate of drug-likeness (QED) is 0.597. The summed E-state index contributed by atoms with van der Waals surface area (Å²) in [6.07, 6.45) is 4.05. The van der Waals surface area contributed by atoms with Gasteiger partial charge in [-0.15, -0.1) is 0 Å². The SMILES string of the molecule is NC(=O)C12CCC(CC1)CC2O. The molecule has 0 aromatic carbocycles. The van der Waals surface area contributed by atoms with E-state index in [4.69, 9.17) is 5.73 Å². The van der Waals surface area contributed by atoms with Crippen LogP contribution in [0.25, 0.3) is 0 Å². The van der Waals surface area contributed by atoms with E-state index in [1.54, 1.807) is 0 Å². The minimum absolute atomic E-state index is 0.298. The van der Waals surface area contributed by atoms with Crippen molar-refractivity contribution in [1.29, 1.82) is 0 Å². The molecule has 3 heteroatoms. The molecule has 3 aliphatic carbocycles. The summed E-state index contributed by atoms with van der Waals surface area (Å²) in [5.41, 5.74) is 4.77. The van der Waals surface area contributed by atoms with Crippen molar-refractivity contribution in [3.05, 3.63) is 0 Å². The standard InChI is InChI=1S/C9H15NO2/c10-8(12)9-3-1-6(2-4-9)5-7(9)11/h6-7,11H,1-5H2,(H2,10,12). The molecule has 0 radical (unpaired) electrons. The fourth-order valence-electron chi connectivity index (χ4n) is 2.71. The van der Waals surface area contributed by atoms with E-state index in [9.17, 15) is 9.90 Å². The maximum Gasteiger partial charge on any atom is 0.226 e. The maximum atomic E-state index is 11.2. The predicted molar refractivity (Wildman–Crippen MR) is 44.2 cm³/mol. The number of carbonyl (C=O) groups excluding carboxylic acids is 1. The fraction of sp³-hybridized carbons (Fsp3) is 0.889. The van der Waals surface area contributed by atoms with Crippen LogP contribution in [-0.4, -0.2) is 17.1 Å². The molecule has 3 fully saturated rings. The summed E-state index contributed by atoms with van der Waals surface area (Å²) >= 11 is 0. The first-order valence-electron chi connectivity index (χ1n) is 4.63. The fourth-order valence-corrected chi connectivity index (χ4v) is 2.71. The van der Waals surface area contributed by atoms with Gasteiger partial charge in [-0.3, -0.25) is 4.79 Å². The number of aliphatic hydroxyl groups excluding tert-OH is 1. The summed E-state index contributed by atoms with van der Waals surface area (Å²) < 4.78 is 0. The van der Waals surface area contributed by atoms with Gasteiger partial charge in [0, 0.05) is 0 Å². The van der Waals surface area contributed by atoms with E-state index in [0.717, 1.165) is 32.1 Å². The third-order valence-electron chi connectivity index (χ3n) is 3.68. The van der Waals surface area contributed by atoms with Crippen molar-refractivity contribution in [1.82, 2.24) is 0 Å². The number of hydrogen-bond acceptors (Lipinski definition) is 2. The molecule has 3 saturated carbocycles. The Morgan fingerprint density at radius 2 is 2.00 bits per heavy atom. The Morgan fingerprint density at radius 3 is 2.33 bits per heavy atom. The first kappa shape index (κ1) is 8.05. The molecule has 1 unspecified atom stereocenters. The number of hydrogen-bond donors (Lipinski definition) is 2. The topological polar surface area (TPSA) is 63.3 Å². The predicted octanol–water partition coefficient (Wildman–Crippen LogP) is 0.413. The number of rotatable bonds is 1. The molecule has 0 saturated heterocycles. The van der Waals surface area contributed by atoms with Crippen molar-refractivity contribution in [3.63, 3.8) is 0 Å². The van der Waals surface area contributed by atoms with Gasteiger partial charge < -0.3 is 10.8 Å². The second kappa shape index (κ2) is 2.46. The molecule has 1 atom stereocenters. The minimum Gasteiger partial charge on any atom is -0.392 e. The molecule has 12 heavy (non-hydrogen) atoms. The summed E-state index contributed by atoms with van der Waals surface area (Å²) in [7, 11) is 0. The average Bonchev–Trinajstić information content (AvgIpc) is 2.05. The summed E-state index contributed by atoms with van der Waals surface area (Å²) in [4.78, 5) is 11.2. The van der Waals surface area contributed by atoms with Crippen molar-refractivity contribution < 1.29 is 9.90 Å². The van der Waals surface area contributed by atoms with Crippen LogP contribution in [0.2, 0.25) is 0 Å². The normalized spacial score (nSPS) is 46.1. The van der Waals surface area contributed by atoms with Crippen LogP contribution in [0, 0.1) is 11.3 Å². The zero-order valence-corrected chi connectivity index (χ0v) is 7.12. The van der Waals surface area contributed by atoms with Crippen molar-refractivity contribution in [3.8, 4) is 0 Å². The first-order valence-corrected chi connectivity index (χ1v) is 4.63. The van der Waals surface area contributed by atoms with Crippen LogP contribution in [-0.2, 0) is 4.79 Å². The Kier molecular flexibility index (Phi) is 1.65. The molecule has 3 N–H and O–H groups in total. The molecule has 0 aromatic heterocycles. The number of carbonyl (C=O) groups is 1. The second-order valence-electron chi connectivity index (χ2n) is 4.22. The molecular weight excluding hydrogens is 154 g/mol. The van der Waals surface area contributed by atoms with Crippen LogP contribution in [0.5, 0.6) is 0 Å². The van der Waals surface area contributed by atoms with Gasteiger partial charge >= 0.3 is 0 Å². The number of nitrogens with two attached hydrogens (primary N) is 1. The molecule has 2 bridgehead atoms. The van der Waals surface area contributed by atoms with E-state index in [1.807, 2.05) is 0 Å². The Bertz CT molecular complexity index is 207. The number of aliphatic hydroxyl groups is 1. The lowest BCUT2D eigenvalue weighted by molar-refractivity contribution is -0.147. The number of amides is 1. The van der Waals surface area contributed by atoms with Gasteiger partial charge in [-0.1, -0.05) is 0 Å². The highest BCUT2D eigenvalue weighted by Gasteiger charge is 2.50. The molecule has 3 nitrogen and oxygen atoms in total. The molecule has 0 spiro atoms. The van der Waals surface area contributed by atoms with Gasteiger partial charge in [-0.25, -0.2) is 0 Å². The van der Waals surface area contributed by atoms with Gasteiger partial charge in [-0.05, 0) is 38.0 Å². The second-order valence-corrected chi connectivity index (χ2v) is 4.22. The van der Waals surface area contributed by atoms with E-state index < -0.39 is 11.5 Å². The molecule has 3 rings (SSSR count). The molecule has 3 aliphatic rings. The first-order chi connectivity index (χ1) is 5.65. The summed E-state index contributed by atoms with van der Waals surface area (Å²) in [5.74, 6) is 0.342. The Balaban J connectivity index is 2.26. The van der Waals surface area contributed by atoms with Crippen LogP contribution >= 0.6 is 0 Å². The average molecular weight is 169 g/mol. The lowest BCUT2D eigenvalue weighted by Gasteiger charge is -2.47. The highest BCUT2D eigenvalue weighted by Crippen LogP contribution is 2.49. The van der Waals surface area contributed by atoms with Gasteiger partial charge in [0.1, 0.15) is 0 Å². The summed E-state index contributed by atoms with van der Waals surface area (Å²) in [6, 6.07) is 0. The van der Waals surface area contributed by atoms with E-state index in [2.05, 4.69) is 0 Å². The summed E-state index contributed by atoms with van der Waals surface area (Å²) in [6.45, 7) is 0. The Hall–Kier alpha value is -0.570.